The topological polar surface area (TPSA) is 18.5 Å². The molecule has 2 rings (SSSR count). The summed E-state index contributed by atoms with van der Waals surface area (Å²) in [6, 6.07) is 10.8. The Morgan fingerprint density at radius 1 is 0.853 bits per heavy atom. The van der Waals surface area contributed by atoms with Gasteiger partial charge in [-0.25, -0.2) is 0 Å². The first-order chi connectivity index (χ1) is 15.6. The first-order valence-corrected chi connectivity index (χ1v) is 20.5. The molecule has 4 atom stereocenters. The Hall–Kier alpha value is -0.427. The molecule has 1 aliphatic carbocycles. The van der Waals surface area contributed by atoms with Crippen molar-refractivity contribution in [2.75, 3.05) is 13.2 Å². The van der Waals surface area contributed by atoms with Crippen LogP contribution in [-0.2, 0) is 8.85 Å². The van der Waals surface area contributed by atoms with E-state index in [1.165, 1.54) is 4.46 Å². The first kappa shape index (κ1) is 29.8. The van der Waals surface area contributed by atoms with E-state index in [0.29, 0.717) is 38.6 Å². The van der Waals surface area contributed by atoms with Crippen LogP contribution in [-0.4, -0.2) is 44.8 Å². The zero-order valence-corrected chi connectivity index (χ0v) is 27.2. The summed E-state index contributed by atoms with van der Waals surface area (Å²) in [4.78, 5) is 2.43. The maximum atomic E-state index is 6.83. The van der Waals surface area contributed by atoms with Gasteiger partial charge in [-0.05, 0) is 0 Å². The molecule has 0 radical (unpaired) electrons. The standard InChI is InChI=1S/C29H50O2SeSi2/c1-12-23-20-24(18-19-32-25-16-14-13-15-17-25)27(22-31-34(10,11)29(5,6)7)26(23)21-30-33(8,9)28(2,3)4/h12-19,23-24,26-27H,1,20-22H2,2-11H3/b19-18+. The second-order valence-corrected chi connectivity index (χ2v) is 24.7. The van der Waals surface area contributed by atoms with Crippen molar-refractivity contribution in [1.82, 2.24) is 0 Å². The van der Waals surface area contributed by atoms with E-state index in [9.17, 15) is 0 Å². The van der Waals surface area contributed by atoms with Gasteiger partial charge in [-0.3, -0.25) is 0 Å². The van der Waals surface area contributed by atoms with Crippen LogP contribution < -0.4 is 4.46 Å². The van der Waals surface area contributed by atoms with Crippen LogP contribution >= 0.6 is 0 Å². The summed E-state index contributed by atoms with van der Waals surface area (Å²) in [6.07, 6.45) is 5.84. The predicted molar refractivity (Wildman–Crippen MR) is 156 cm³/mol. The summed E-state index contributed by atoms with van der Waals surface area (Å²) < 4.78 is 15.0. The molecule has 0 N–H and O–H groups in total. The summed E-state index contributed by atoms with van der Waals surface area (Å²) >= 11 is 0.367. The molecule has 0 aromatic heterocycles. The van der Waals surface area contributed by atoms with Gasteiger partial charge in [0, 0.05) is 0 Å². The van der Waals surface area contributed by atoms with Gasteiger partial charge < -0.3 is 0 Å². The summed E-state index contributed by atoms with van der Waals surface area (Å²) in [6.45, 7) is 29.3. The molecule has 0 heterocycles. The van der Waals surface area contributed by atoms with Crippen LogP contribution in [0, 0.1) is 23.7 Å². The Kier molecular flexibility index (Phi) is 10.3. The average Bonchev–Trinajstić information content (AvgIpc) is 3.06. The van der Waals surface area contributed by atoms with Crippen LogP contribution in [0.2, 0.25) is 36.3 Å². The second kappa shape index (κ2) is 11.7. The molecule has 1 aromatic rings. The SMILES string of the molecule is C=CC1CC(/C=C/[Se]c2ccccc2)C(CO[Si](C)(C)C(C)(C)C)C1CO[Si](C)(C)C(C)(C)C. The van der Waals surface area contributed by atoms with Gasteiger partial charge in [-0.2, -0.15) is 0 Å². The van der Waals surface area contributed by atoms with E-state index in [-0.39, 0.29) is 10.1 Å². The molecular formula is C29H50O2SeSi2. The first-order valence-electron chi connectivity index (χ1n) is 12.9. The number of benzene rings is 1. The van der Waals surface area contributed by atoms with Crippen molar-refractivity contribution in [3.63, 3.8) is 0 Å². The van der Waals surface area contributed by atoms with Gasteiger partial charge in [0.05, 0.1) is 0 Å². The van der Waals surface area contributed by atoms with E-state index < -0.39 is 16.6 Å². The molecule has 0 aliphatic heterocycles. The molecule has 5 heteroatoms. The molecule has 0 saturated heterocycles. The van der Waals surface area contributed by atoms with Crippen LogP contribution in [0.25, 0.3) is 0 Å². The quantitative estimate of drug-likeness (QED) is 0.215. The van der Waals surface area contributed by atoms with E-state index in [4.69, 9.17) is 8.85 Å². The third kappa shape index (κ3) is 7.78. The number of hydrogen-bond acceptors (Lipinski definition) is 2. The third-order valence-corrected chi connectivity index (χ3v) is 19.4. The molecule has 1 fully saturated rings. The summed E-state index contributed by atoms with van der Waals surface area (Å²) in [5.41, 5.74) is 0. The van der Waals surface area contributed by atoms with Gasteiger partial charge in [0.1, 0.15) is 0 Å². The minimum atomic E-state index is -1.82. The Balaban J connectivity index is 2.24. The van der Waals surface area contributed by atoms with Crippen LogP contribution in [0.5, 0.6) is 0 Å². The zero-order valence-electron chi connectivity index (χ0n) is 23.5. The van der Waals surface area contributed by atoms with Crippen molar-refractivity contribution >= 4 is 36.1 Å². The van der Waals surface area contributed by atoms with Gasteiger partial charge >= 0.3 is 220 Å². The Morgan fingerprint density at radius 3 is 1.76 bits per heavy atom. The van der Waals surface area contributed by atoms with E-state index >= 15 is 0 Å². The van der Waals surface area contributed by atoms with E-state index in [1.54, 1.807) is 0 Å². The molecule has 1 saturated carbocycles. The molecule has 1 aromatic carbocycles. The van der Waals surface area contributed by atoms with E-state index in [1.807, 2.05) is 0 Å². The molecule has 0 bridgehead atoms. The molecule has 0 amide bonds. The van der Waals surface area contributed by atoms with Gasteiger partial charge in [-0.15, -0.1) is 0 Å². The van der Waals surface area contributed by atoms with Crippen molar-refractivity contribution < 1.29 is 8.85 Å². The van der Waals surface area contributed by atoms with Crippen LogP contribution in [0.3, 0.4) is 0 Å². The fraction of sp³-hybridized carbons (Fsp3) is 0.655. The van der Waals surface area contributed by atoms with Crippen molar-refractivity contribution in [1.29, 1.82) is 0 Å². The molecule has 0 spiro atoms. The fourth-order valence-electron chi connectivity index (χ4n) is 4.05. The van der Waals surface area contributed by atoms with Crippen LogP contribution in [0.1, 0.15) is 48.0 Å². The molecule has 2 nitrogen and oxygen atoms in total. The van der Waals surface area contributed by atoms with Crippen molar-refractivity contribution in [2.45, 2.75) is 84.2 Å². The fourth-order valence-corrected chi connectivity index (χ4v) is 7.71. The Morgan fingerprint density at radius 2 is 1.32 bits per heavy atom. The number of allylic oxidation sites excluding steroid dienone is 2. The summed E-state index contributed by atoms with van der Waals surface area (Å²) in [7, 11) is -3.62. The molecule has 4 unspecified atom stereocenters. The predicted octanol–water partition coefficient (Wildman–Crippen LogP) is 7.63. The van der Waals surface area contributed by atoms with Crippen molar-refractivity contribution in [2.24, 2.45) is 23.7 Å². The minimum absolute atomic E-state index is 0.221. The monoisotopic (exact) mass is 566 g/mol. The Labute approximate surface area is 219 Å². The van der Waals surface area contributed by atoms with Crippen LogP contribution in [0.15, 0.2) is 54.0 Å². The van der Waals surface area contributed by atoms with Gasteiger partial charge in [0.25, 0.3) is 0 Å². The van der Waals surface area contributed by atoms with Crippen molar-refractivity contribution in [3.8, 4) is 0 Å². The van der Waals surface area contributed by atoms with Gasteiger partial charge in [0.15, 0.2) is 0 Å². The number of hydrogen-bond donors (Lipinski definition) is 0. The van der Waals surface area contributed by atoms with Crippen molar-refractivity contribution in [3.05, 3.63) is 54.0 Å². The summed E-state index contributed by atoms with van der Waals surface area (Å²) in [5.74, 6) is 1.95. The molecule has 1 aliphatic rings. The third-order valence-electron chi connectivity index (χ3n) is 8.66. The van der Waals surface area contributed by atoms with Crippen LogP contribution in [0.4, 0.5) is 0 Å². The molecule has 192 valence electrons. The maximum absolute atomic E-state index is 6.83. The summed E-state index contributed by atoms with van der Waals surface area (Å²) in [5, 5.41) is 0.443. The zero-order chi connectivity index (χ0) is 25.8. The number of rotatable bonds is 10. The van der Waals surface area contributed by atoms with E-state index in [2.05, 4.69) is 122 Å². The Bertz CT molecular complexity index is 806. The second-order valence-electron chi connectivity index (χ2n) is 13.0. The van der Waals surface area contributed by atoms with Gasteiger partial charge in [0.2, 0.25) is 0 Å². The van der Waals surface area contributed by atoms with E-state index in [0.717, 1.165) is 19.6 Å². The molecule has 34 heavy (non-hydrogen) atoms. The van der Waals surface area contributed by atoms with Gasteiger partial charge in [-0.1, -0.05) is 0 Å². The molecular weight excluding hydrogens is 515 g/mol. The average molecular weight is 566 g/mol. The normalized spacial score (nSPS) is 24.6.